The molecule has 276 valence electrons. The molecule has 0 saturated heterocycles. The van der Waals surface area contributed by atoms with E-state index in [1.54, 1.807) is 28.4 Å². The molecule has 0 bridgehead atoms. The Bertz CT molecular complexity index is 1950. The predicted molar refractivity (Wildman–Crippen MR) is 218 cm³/mol. The average molecular weight is 725 g/mol. The first-order valence-corrected chi connectivity index (χ1v) is 17.4. The number of benzene rings is 6. The Labute approximate surface area is 316 Å². The molecule has 0 atom stereocenters. The van der Waals surface area contributed by atoms with Crippen molar-refractivity contribution in [1.82, 2.24) is 0 Å². The number of hydrogen-bond acceptors (Lipinski definition) is 10. The number of ether oxygens (including phenoxy) is 6. The van der Waals surface area contributed by atoms with Crippen molar-refractivity contribution in [2.24, 2.45) is 0 Å². The van der Waals surface area contributed by atoms with E-state index in [9.17, 15) is 0 Å². The summed E-state index contributed by atoms with van der Waals surface area (Å²) in [5, 5.41) is 14.1. The quantitative estimate of drug-likeness (QED) is 0.0641. The number of methoxy groups -OCH3 is 4. The van der Waals surface area contributed by atoms with Crippen molar-refractivity contribution < 1.29 is 28.4 Å². The smallest absolute Gasteiger partial charge is 0.145 e. The molecule has 0 aliphatic carbocycles. The fraction of sp³-hybridized carbons (Fsp3) is 0.136. The summed E-state index contributed by atoms with van der Waals surface area (Å²) in [7, 11) is 6.61. The van der Waals surface area contributed by atoms with Gasteiger partial charge in [-0.05, 0) is 133 Å². The molecule has 0 aliphatic rings. The standard InChI is InChI=1S/C44H44N4O6/c1-49-35-21-13-31(14-22-35)45-39-9-7-11-41(43(39)47-33-17-25-37(51-3)26-18-33)53-29-5-6-30-54-42-12-8-10-40(46-32-15-23-36(50-2)24-16-32)44(42)48-34-19-27-38(52-4)28-20-34/h5-28,45-48H,29-30H2,1-4H3. The maximum Gasteiger partial charge on any atom is 0.145 e. The summed E-state index contributed by atoms with van der Waals surface area (Å²) in [6, 6.07) is 42.8. The predicted octanol–water partition coefficient (Wildman–Crippen LogP) is 10.7. The molecule has 6 aromatic rings. The Morgan fingerprint density at radius 2 is 0.667 bits per heavy atom. The number of para-hydroxylation sites is 2. The number of hydrogen-bond donors (Lipinski definition) is 4. The lowest BCUT2D eigenvalue weighted by molar-refractivity contribution is 0.352. The van der Waals surface area contributed by atoms with Crippen LogP contribution in [0.2, 0.25) is 0 Å². The highest BCUT2D eigenvalue weighted by molar-refractivity contribution is 5.84. The van der Waals surface area contributed by atoms with Crippen molar-refractivity contribution >= 4 is 45.5 Å². The van der Waals surface area contributed by atoms with Gasteiger partial charge < -0.3 is 49.7 Å². The summed E-state index contributed by atoms with van der Waals surface area (Å²) < 4.78 is 34.0. The first kappa shape index (κ1) is 36.8. The molecule has 10 nitrogen and oxygen atoms in total. The Morgan fingerprint density at radius 3 is 0.963 bits per heavy atom. The van der Waals surface area contributed by atoms with Crippen molar-refractivity contribution in [3.8, 4) is 34.5 Å². The van der Waals surface area contributed by atoms with Crippen LogP contribution in [0.5, 0.6) is 34.5 Å². The van der Waals surface area contributed by atoms with Crippen molar-refractivity contribution in [3.05, 3.63) is 146 Å². The van der Waals surface area contributed by atoms with Crippen LogP contribution in [0, 0.1) is 0 Å². The molecule has 0 saturated carbocycles. The van der Waals surface area contributed by atoms with Crippen LogP contribution in [0.25, 0.3) is 0 Å². The number of nitrogens with one attached hydrogen (secondary N) is 4. The monoisotopic (exact) mass is 724 g/mol. The summed E-state index contributed by atoms with van der Waals surface area (Å²) in [6.45, 7) is 0.644. The molecule has 0 unspecified atom stereocenters. The molecule has 0 spiro atoms. The molecule has 6 rings (SSSR count). The van der Waals surface area contributed by atoms with Gasteiger partial charge in [-0.25, -0.2) is 0 Å². The lowest BCUT2D eigenvalue weighted by atomic mass is 10.2. The van der Waals surface area contributed by atoms with Crippen molar-refractivity contribution in [3.63, 3.8) is 0 Å². The molecule has 6 aromatic carbocycles. The minimum absolute atomic E-state index is 0.322. The molecule has 0 fully saturated rings. The van der Waals surface area contributed by atoms with Gasteiger partial charge in [0.05, 0.1) is 39.8 Å². The fourth-order valence-electron chi connectivity index (χ4n) is 5.48. The summed E-state index contributed by atoms with van der Waals surface area (Å²) >= 11 is 0. The molecule has 0 aliphatic heterocycles. The average Bonchev–Trinajstić information content (AvgIpc) is 3.22. The summed E-state index contributed by atoms with van der Waals surface area (Å²) in [5.41, 5.74) is 6.87. The van der Waals surface area contributed by atoms with Gasteiger partial charge in [-0.2, -0.15) is 0 Å². The van der Waals surface area contributed by atoms with Gasteiger partial charge in [0, 0.05) is 22.7 Å². The largest absolute Gasteiger partial charge is 0.497 e. The van der Waals surface area contributed by atoms with Crippen molar-refractivity contribution in [2.45, 2.75) is 0 Å². The molecule has 0 heterocycles. The van der Waals surface area contributed by atoms with E-state index in [1.165, 1.54) is 0 Å². The van der Waals surface area contributed by atoms with Crippen molar-refractivity contribution in [2.75, 3.05) is 62.9 Å². The highest BCUT2D eigenvalue weighted by Gasteiger charge is 2.13. The van der Waals surface area contributed by atoms with Gasteiger partial charge in [0.15, 0.2) is 0 Å². The second kappa shape index (κ2) is 18.5. The number of rotatable bonds is 18. The highest BCUT2D eigenvalue weighted by atomic mass is 16.5. The van der Waals surface area contributed by atoms with Crippen LogP contribution in [0.1, 0.15) is 0 Å². The van der Waals surface area contributed by atoms with E-state index in [4.69, 9.17) is 28.4 Å². The third-order valence-electron chi connectivity index (χ3n) is 8.35. The zero-order valence-corrected chi connectivity index (χ0v) is 30.7. The Balaban J connectivity index is 1.16. The van der Waals surface area contributed by atoms with Crippen LogP contribution < -0.4 is 49.7 Å². The lowest BCUT2D eigenvalue weighted by Crippen LogP contribution is -2.04. The van der Waals surface area contributed by atoms with E-state index < -0.39 is 0 Å². The second-order valence-corrected chi connectivity index (χ2v) is 11.9. The van der Waals surface area contributed by atoms with Gasteiger partial charge in [0.25, 0.3) is 0 Å². The van der Waals surface area contributed by atoms with Crippen LogP contribution in [0.15, 0.2) is 146 Å². The zero-order chi connectivity index (χ0) is 37.5. The van der Waals surface area contributed by atoms with Gasteiger partial charge in [0.1, 0.15) is 59.1 Å². The molecule has 54 heavy (non-hydrogen) atoms. The first-order chi connectivity index (χ1) is 26.5. The SMILES string of the molecule is COc1ccc(Nc2cccc(OCC=CCOc3cccc(Nc4ccc(OC)cc4)c3Nc3ccc(OC)cc3)c2Nc2ccc(OC)cc2)cc1. The Kier molecular flexibility index (Phi) is 12.6. The lowest BCUT2D eigenvalue weighted by Gasteiger charge is -2.19. The van der Waals surface area contributed by atoms with E-state index in [-0.39, 0.29) is 0 Å². The molecule has 0 amide bonds. The summed E-state index contributed by atoms with van der Waals surface area (Å²) in [4.78, 5) is 0. The summed E-state index contributed by atoms with van der Waals surface area (Å²) in [5.74, 6) is 4.48. The van der Waals surface area contributed by atoms with E-state index in [1.807, 2.05) is 146 Å². The minimum atomic E-state index is 0.322. The fourth-order valence-corrected chi connectivity index (χ4v) is 5.48. The summed E-state index contributed by atoms with van der Waals surface area (Å²) in [6.07, 6.45) is 3.88. The van der Waals surface area contributed by atoms with Gasteiger partial charge in [0.2, 0.25) is 0 Å². The van der Waals surface area contributed by atoms with Crippen molar-refractivity contribution in [1.29, 1.82) is 0 Å². The first-order valence-electron chi connectivity index (χ1n) is 17.4. The second-order valence-electron chi connectivity index (χ2n) is 11.9. The van der Waals surface area contributed by atoms with E-state index in [0.717, 1.165) is 68.5 Å². The Hall–Kier alpha value is -6.94. The number of anilines is 8. The molecular weight excluding hydrogens is 681 g/mol. The van der Waals surface area contributed by atoms with Gasteiger partial charge >= 0.3 is 0 Å². The molecular formula is C44H44N4O6. The molecule has 10 heteroatoms. The Morgan fingerprint density at radius 1 is 0.370 bits per heavy atom. The van der Waals surface area contributed by atoms with Gasteiger partial charge in [-0.3, -0.25) is 0 Å². The maximum atomic E-state index is 6.31. The van der Waals surface area contributed by atoms with Gasteiger partial charge in [-0.15, -0.1) is 0 Å². The van der Waals surface area contributed by atoms with E-state index in [2.05, 4.69) is 21.3 Å². The van der Waals surface area contributed by atoms with Crippen LogP contribution in [-0.2, 0) is 0 Å². The third-order valence-corrected chi connectivity index (χ3v) is 8.35. The third kappa shape index (κ3) is 9.89. The molecule has 0 aromatic heterocycles. The van der Waals surface area contributed by atoms with Crippen LogP contribution >= 0.6 is 0 Å². The van der Waals surface area contributed by atoms with E-state index >= 15 is 0 Å². The highest BCUT2D eigenvalue weighted by Crippen LogP contribution is 2.39. The van der Waals surface area contributed by atoms with Crippen LogP contribution in [-0.4, -0.2) is 41.7 Å². The normalized spacial score (nSPS) is 10.7. The molecule has 4 N–H and O–H groups in total. The minimum Gasteiger partial charge on any atom is -0.497 e. The zero-order valence-electron chi connectivity index (χ0n) is 30.7. The molecule has 0 radical (unpaired) electrons. The topological polar surface area (TPSA) is 104 Å². The van der Waals surface area contributed by atoms with Crippen LogP contribution in [0.4, 0.5) is 45.5 Å². The van der Waals surface area contributed by atoms with Crippen LogP contribution in [0.3, 0.4) is 0 Å². The maximum absolute atomic E-state index is 6.31. The van der Waals surface area contributed by atoms with E-state index in [0.29, 0.717) is 24.7 Å². The van der Waals surface area contributed by atoms with Gasteiger partial charge in [-0.1, -0.05) is 12.1 Å².